The van der Waals surface area contributed by atoms with E-state index in [1.54, 1.807) is 0 Å². The highest BCUT2D eigenvalue weighted by Crippen LogP contribution is 2.39. The summed E-state index contributed by atoms with van der Waals surface area (Å²) >= 11 is 0. The molecule has 6 nitrogen and oxygen atoms in total. The van der Waals surface area contributed by atoms with Gasteiger partial charge in [-0.25, -0.2) is 13.6 Å². The Labute approximate surface area is 151 Å². The number of nitrogens with one attached hydrogen (secondary N) is 1. The van der Waals surface area contributed by atoms with E-state index in [0.29, 0.717) is 19.8 Å². The summed E-state index contributed by atoms with van der Waals surface area (Å²) < 4.78 is 40.4. The molecular weight excluding hydrogens is 344 g/mol. The molecule has 8 heteroatoms. The van der Waals surface area contributed by atoms with Crippen molar-refractivity contribution in [3.05, 3.63) is 23.8 Å². The van der Waals surface area contributed by atoms with E-state index < -0.39 is 17.7 Å². The number of morpholine rings is 1. The molecule has 0 radical (unpaired) electrons. The van der Waals surface area contributed by atoms with Crippen LogP contribution in [0.25, 0.3) is 0 Å². The van der Waals surface area contributed by atoms with Crippen LogP contribution in [0.3, 0.4) is 0 Å². The van der Waals surface area contributed by atoms with Gasteiger partial charge in [-0.15, -0.1) is 0 Å². The molecule has 3 fully saturated rings. The van der Waals surface area contributed by atoms with Gasteiger partial charge in [0.25, 0.3) is 0 Å². The van der Waals surface area contributed by atoms with Crippen LogP contribution in [-0.4, -0.2) is 57.1 Å². The molecule has 0 aliphatic carbocycles. The number of hydrogen-bond donors (Lipinski definition) is 1. The fourth-order valence-corrected chi connectivity index (χ4v) is 4.09. The number of halogens is 2. The molecule has 3 saturated heterocycles. The molecule has 0 spiro atoms. The Morgan fingerprint density at radius 1 is 1.19 bits per heavy atom. The second kappa shape index (κ2) is 7.00. The summed E-state index contributed by atoms with van der Waals surface area (Å²) in [6, 6.07) is 2.46. The molecule has 1 aromatic rings. The zero-order valence-electron chi connectivity index (χ0n) is 14.7. The summed E-state index contributed by atoms with van der Waals surface area (Å²) in [6.45, 7) is 4.47. The van der Waals surface area contributed by atoms with Gasteiger partial charge in [-0.2, -0.15) is 0 Å². The highest BCUT2D eigenvalue weighted by Gasteiger charge is 2.40. The molecule has 1 aromatic carbocycles. The molecule has 2 unspecified atom stereocenters. The van der Waals surface area contributed by atoms with Crippen LogP contribution in [0.5, 0.6) is 0 Å². The average molecular weight is 367 g/mol. The van der Waals surface area contributed by atoms with Gasteiger partial charge in [-0.05, 0) is 19.4 Å². The minimum absolute atomic E-state index is 0.00449. The van der Waals surface area contributed by atoms with Gasteiger partial charge in [-0.3, -0.25) is 4.90 Å². The van der Waals surface area contributed by atoms with Gasteiger partial charge >= 0.3 is 6.09 Å². The van der Waals surface area contributed by atoms with E-state index in [1.165, 1.54) is 17.0 Å². The Morgan fingerprint density at radius 3 is 2.46 bits per heavy atom. The van der Waals surface area contributed by atoms with Crippen molar-refractivity contribution in [2.45, 2.75) is 38.0 Å². The Morgan fingerprint density at radius 2 is 1.85 bits per heavy atom. The molecule has 26 heavy (non-hydrogen) atoms. The predicted molar refractivity (Wildman–Crippen MR) is 92.6 cm³/mol. The number of nitrogens with zero attached hydrogens (tertiary/aromatic N) is 2. The molecule has 3 heterocycles. The van der Waals surface area contributed by atoms with Crippen molar-refractivity contribution in [2.24, 2.45) is 0 Å². The molecule has 0 saturated carbocycles. The fourth-order valence-electron chi connectivity index (χ4n) is 4.09. The number of cyclic esters (lactones) is 1. The third-order valence-corrected chi connectivity index (χ3v) is 5.31. The van der Waals surface area contributed by atoms with Crippen molar-refractivity contribution in [3.8, 4) is 0 Å². The summed E-state index contributed by atoms with van der Waals surface area (Å²) in [4.78, 5) is 15.2. The van der Waals surface area contributed by atoms with E-state index in [9.17, 15) is 13.6 Å². The van der Waals surface area contributed by atoms with Crippen LogP contribution in [0.2, 0.25) is 0 Å². The summed E-state index contributed by atoms with van der Waals surface area (Å²) in [5.74, 6) is -1.30. The van der Waals surface area contributed by atoms with Crippen molar-refractivity contribution in [2.75, 3.05) is 42.6 Å². The number of fused-ring (bicyclic) bond motifs is 2. The maximum Gasteiger partial charge on any atom is 0.414 e. The van der Waals surface area contributed by atoms with Crippen LogP contribution in [-0.2, 0) is 9.47 Å². The van der Waals surface area contributed by atoms with Crippen molar-refractivity contribution in [1.29, 1.82) is 0 Å². The third kappa shape index (κ3) is 3.01. The quantitative estimate of drug-likeness (QED) is 0.865. The number of anilines is 2. The number of carbonyl (C=O) groups is 1. The van der Waals surface area contributed by atoms with Gasteiger partial charge in [0.1, 0.15) is 11.8 Å². The second-order valence-corrected chi connectivity index (χ2v) is 7.01. The van der Waals surface area contributed by atoms with Gasteiger partial charge in [-0.1, -0.05) is 6.92 Å². The Bertz CT molecular complexity index is 663. The fraction of sp³-hybridized carbons (Fsp3) is 0.611. The minimum atomic E-state index is -0.651. The van der Waals surface area contributed by atoms with Crippen LogP contribution in [0.15, 0.2) is 12.1 Å². The lowest BCUT2D eigenvalue weighted by Gasteiger charge is -2.37. The molecule has 0 aromatic heterocycles. The summed E-state index contributed by atoms with van der Waals surface area (Å²) in [6.07, 6.45) is 0.834. The van der Waals surface area contributed by atoms with E-state index in [-0.39, 0.29) is 36.1 Å². The van der Waals surface area contributed by atoms with E-state index in [0.717, 1.165) is 19.4 Å². The lowest BCUT2D eigenvalue weighted by molar-refractivity contribution is 0.0898. The standard InChI is InChI=1S/C18H23F2N3O3/c1-2-21-7-14-8-22(18(24)26-14)13-5-15(19)17(16(20)6-13)23-11-3-4-12(23)10-25-9-11/h5-6,11-12,14,21H,2-4,7-10H2,1H3/t11?,12?,14-/m0/s1. The Balaban J connectivity index is 1.58. The smallest absolute Gasteiger partial charge is 0.414 e. The Hall–Kier alpha value is -1.93. The number of amides is 1. The van der Waals surface area contributed by atoms with Gasteiger partial charge in [0.15, 0.2) is 11.6 Å². The SMILES string of the molecule is CCNC[C@H]1CN(c2cc(F)c(N3C4CCC3COC4)c(F)c2)C(=O)O1. The van der Waals surface area contributed by atoms with Crippen LogP contribution in [0, 0.1) is 11.6 Å². The molecular formula is C18H23F2N3O3. The van der Waals surface area contributed by atoms with E-state index in [2.05, 4.69) is 5.32 Å². The van der Waals surface area contributed by atoms with E-state index >= 15 is 0 Å². The molecule has 1 amide bonds. The summed E-state index contributed by atoms with van der Waals surface area (Å²) in [5.41, 5.74) is 0.176. The first-order chi connectivity index (χ1) is 12.6. The van der Waals surface area contributed by atoms with Crippen molar-refractivity contribution < 1.29 is 23.0 Å². The highest BCUT2D eigenvalue weighted by atomic mass is 19.1. The molecule has 1 N–H and O–H groups in total. The van der Waals surface area contributed by atoms with Crippen LogP contribution in [0.4, 0.5) is 25.0 Å². The van der Waals surface area contributed by atoms with Crippen LogP contribution < -0.4 is 15.1 Å². The normalized spacial score (nSPS) is 28.0. The van der Waals surface area contributed by atoms with Gasteiger partial charge in [0, 0.05) is 18.7 Å². The molecule has 2 bridgehead atoms. The van der Waals surface area contributed by atoms with E-state index in [4.69, 9.17) is 9.47 Å². The molecule has 3 aliphatic rings. The largest absolute Gasteiger partial charge is 0.443 e. The maximum absolute atomic E-state index is 14.8. The monoisotopic (exact) mass is 367 g/mol. The average Bonchev–Trinajstić information content (AvgIpc) is 3.08. The third-order valence-electron chi connectivity index (χ3n) is 5.31. The summed E-state index contributed by atoms with van der Waals surface area (Å²) in [7, 11) is 0. The van der Waals surface area contributed by atoms with Gasteiger partial charge in [0.2, 0.25) is 0 Å². The Kier molecular flexibility index (Phi) is 4.71. The number of hydrogen-bond acceptors (Lipinski definition) is 5. The predicted octanol–water partition coefficient (Wildman–Crippen LogP) is 2.27. The molecule has 3 atom stereocenters. The molecule has 4 rings (SSSR count). The zero-order chi connectivity index (χ0) is 18.3. The van der Waals surface area contributed by atoms with Gasteiger partial charge in [0.05, 0.1) is 37.5 Å². The number of ether oxygens (including phenoxy) is 2. The number of likely N-dealkylation sites (N-methyl/N-ethyl adjacent to an activating group) is 1. The second-order valence-electron chi connectivity index (χ2n) is 7.01. The first-order valence-electron chi connectivity index (χ1n) is 9.12. The molecule has 142 valence electrons. The molecule has 3 aliphatic heterocycles. The van der Waals surface area contributed by atoms with Crippen molar-refractivity contribution in [1.82, 2.24) is 5.32 Å². The first kappa shape index (κ1) is 17.5. The minimum Gasteiger partial charge on any atom is -0.443 e. The number of rotatable bonds is 5. The van der Waals surface area contributed by atoms with Crippen molar-refractivity contribution >= 4 is 17.5 Å². The topological polar surface area (TPSA) is 54.0 Å². The lowest BCUT2D eigenvalue weighted by Crippen LogP contribution is -2.46. The van der Waals surface area contributed by atoms with Crippen LogP contribution in [0.1, 0.15) is 19.8 Å². The summed E-state index contributed by atoms with van der Waals surface area (Å²) in [5, 5.41) is 3.10. The zero-order valence-corrected chi connectivity index (χ0v) is 14.7. The van der Waals surface area contributed by atoms with Crippen LogP contribution >= 0.6 is 0 Å². The van der Waals surface area contributed by atoms with Gasteiger partial charge < -0.3 is 19.7 Å². The number of benzene rings is 1. The first-order valence-corrected chi connectivity index (χ1v) is 9.12. The number of carbonyl (C=O) groups excluding carboxylic acids is 1. The highest BCUT2D eigenvalue weighted by molar-refractivity contribution is 5.90. The lowest BCUT2D eigenvalue weighted by atomic mass is 10.1. The van der Waals surface area contributed by atoms with E-state index in [1.807, 2.05) is 11.8 Å². The maximum atomic E-state index is 14.8. The van der Waals surface area contributed by atoms with Crippen molar-refractivity contribution in [3.63, 3.8) is 0 Å².